The van der Waals surface area contributed by atoms with Crippen LogP contribution in [-0.4, -0.2) is 93.9 Å². The number of nitrogens with one attached hydrogen (secondary N) is 3. The molecule has 16 heteroatoms. The summed E-state index contributed by atoms with van der Waals surface area (Å²) in [6.45, 7) is 31.2. The van der Waals surface area contributed by atoms with Gasteiger partial charge < -0.3 is 39.4 Å². The molecule has 0 saturated carbocycles. The number of aliphatic hydroxyl groups excluding tert-OH is 1. The van der Waals surface area contributed by atoms with Gasteiger partial charge in [-0.1, -0.05) is 73.2 Å². The van der Waals surface area contributed by atoms with Gasteiger partial charge in [0, 0.05) is 44.0 Å². The van der Waals surface area contributed by atoms with E-state index in [-0.39, 0.29) is 47.1 Å². The van der Waals surface area contributed by atoms with Gasteiger partial charge in [0.1, 0.15) is 29.2 Å². The van der Waals surface area contributed by atoms with Gasteiger partial charge in [-0.3, -0.25) is 14.4 Å². The maximum Gasteiger partial charge on any atom is 0.408 e. The van der Waals surface area contributed by atoms with E-state index in [2.05, 4.69) is 83.7 Å². The number of carbonyl (C=O) groups is 5. The van der Waals surface area contributed by atoms with E-state index in [1.54, 1.807) is 34.6 Å². The highest BCUT2D eigenvalue weighted by Gasteiger charge is 2.42. The number of hydrogen-bond donors (Lipinski definition) is 4. The van der Waals surface area contributed by atoms with Crippen LogP contribution in [0.5, 0.6) is 11.5 Å². The molecule has 3 amide bonds. The third kappa shape index (κ3) is 17.3. The SMILES string of the molecule is CC(=O)SCCNC(=O)CCNC(=O)[C@H](O)C(C)(C)COC(=O)[C@H](Cc1ccc(O[Si](C)(C)C(C)(C)C)c(O[Si](C)(C)C(C)(C)C)c1)NC(=O)OC(C)(C)C. The first-order valence-corrected chi connectivity index (χ1v) is 25.6. The Balaban J connectivity index is 3.26. The maximum absolute atomic E-state index is 13.7. The summed E-state index contributed by atoms with van der Waals surface area (Å²) < 4.78 is 24.7. The highest BCUT2D eigenvalue weighted by Crippen LogP contribution is 2.44. The molecule has 0 heterocycles. The van der Waals surface area contributed by atoms with Gasteiger partial charge in [-0.05, 0) is 74.7 Å². The average Bonchev–Trinajstić information content (AvgIpc) is 3.00. The largest absolute Gasteiger partial charge is 0.541 e. The van der Waals surface area contributed by atoms with Crippen molar-refractivity contribution in [2.45, 2.75) is 150 Å². The van der Waals surface area contributed by atoms with Crippen molar-refractivity contribution in [1.29, 1.82) is 0 Å². The van der Waals surface area contributed by atoms with Gasteiger partial charge in [0.05, 0.1) is 6.61 Å². The molecule has 55 heavy (non-hydrogen) atoms. The summed E-state index contributed by atoms with van der Waals surface area (Å²) in [6.07, 6.45) is -2.41. The number of thioether (sulfide) groups is 1. The smallest absolute Gasteiger partial charge is 0.408 e. The van der Waals surface area contributed by atoms with Gasteiger partial charge in [-0.2, -0.15) is 0 Å². The Hall–Kier alpha value is -3.09. The molecule has 1 rings (SSSR count). The number of esters is 1. The van der Waals surface area contributed by atoms with Crippen LogP contribution in [0, 0.1) is 5.41 Å². The Labute approximate surface area is 335 Å². The van der Waals surface area contributed by atoms with Crippen molar-refractivity contribution in [2.24, 2.45) is 5.41 Å². The van der Waals surface area contributed by atoms with Crippen LogP contribution >= 0.6 is 11.8 Å². The highest BCUT2D eigenvalue weighted by atomic mass is 32.2. The summed E-state index contributed by atoms with van der Waals surface area (Å²) >= 11 is 1.10. The fourth-order valence-electron chi connectivity index (χ4n) is 4.24. The van der Waals surface area contributed by atoms with Crippen LogP contribution in [0.4, 0.5) is 4.79 Å². The minimum absolute atomic E-state index is 0.0191. The fraction of sp³-hybridized carbons (Fsp3) is 0.718. The van der Waals surface area contributed by atoms with Crippen molar-refractivity contribution in [1.82, 2.24) is 16.0 Å². The second kappa shape index (κ2) is 19.9. The van der Waals surface area contributed by atoms with Crippen molar-refractivity contribution in [2.75, 3.05) is 25.4 Å². The van der Waals surface area contributed by atoms with E-state index in [1.807, 2.05) is 18.2 Å². The lowest BCUT2D eigenvalue weighted by Crippen LogP contribution is -2.49. The van der Waals surface area contributed by atoms with E-state index < -0.39 is 57.8 Å². The molecule has 0 aliphatic rings. The molecular formula is C39H69N3O10SSi2. The van der Waals surface area contributed by atoms with E-state index in [1.165, 1.54) is 6.92 Å². The van der Waals surface area contributed by atoms with E-state index in [0.29, 0.717) is 29.4 Å². The van der Waals surface area contributed by atoms with Gasteiger partial charge in [0.15, 0.2) is 5.12 Å². The number of aliphatic hydroxyl groups is 1. The van der Waals surface area contributed by atoms with Gasteiger partial charge >= 0.3 is 12.1 Å². The molecule has 0 aliphatic carbocycles. The zero-order chi connectivity index (χ0) is 42.8. The molecular weight excluding hydrogens is 759 g/mol. The number of hydrogen-bond acceptors (Lipinski definition) is 11. The summed E-state index contributed by atoms with van der Waals surface area (Å²) in [5.41, 5.74) is -1.40. The van der Waals surface area contributed by atoms with Crippen LogP contribution < -0.4 is 24.8 Å². The molecule has 0 aliphatic heterocycles. The first kappa shape index (κ1) is 49.9. The zero-order valence-corrected chi connectivity index (χ0v) is 39.0. The fourth-order valence-corrected chi connectivity index (χ4v) is 6.77. The Morgan fingerprint density at radius 3 is 1.85 bits per heavy atom. The van der Waals surface area contributed by atoms with E-state index >= 15 is 0 Å². The van der Waals surface area contributed by atoms with Crippen LogP contribution in [0.1, 0.15) is 95.1 Å². The standard InChI is InChI=1S/C39H69N3O10SSi2/c1-26(43)53-22-21-40-31(44)19-20-41-33(46)32(45)39(11,12)25-49-34(47)28(42-35(48)50-36(2,3)4)23-27-17-18-29(51-54(13,14)37(5,6)7)30(24-27)52-55(15,16)38(8,9)10/h17-18,24,28,32,45H,19-23,25H2,1-16H3,(H,40,44)(H,41,46)(H,42,48)/t28-,32-/m0/s1. The molecule has 0 unspecified atom stereocenters. The number of carbonyl (C=O) groups excluding carboxylic acids is 5. The first-order chi connectivity index (χ1) is 24.8. The van der Waals surface area contributed by atoms with Crippen LogP contribution in [0.15, 0.2) is 18.2 Å². The Morgan fingerprint density at radius 2 is 1.35 bits per heavy atom. The predicted molar refractivity (Wildman–Crippen MR) is 223 cm³/mol. The van der Waals surface area contributed by atoms with Gasteiger partial charge in [0.25, 0.3) is 16.6 Å². The molecule has 0 aromatic heterocycles. The lowest BCUT2D eigenvalue weighted by molar-refractivity contribution is -0.155. The van der Waals surface area contributed by atoms with Crippen LogP contribution in [0.25, 0.3) is 0 Å². The van der Waals surface area contributed by atoms with E-state index in [4.69, 9.17) is 18.3 Å². The number of ether oxygens (including phenoxy) is 2. The second-order valence-electron chi connectivity index (χ2n) is 18.6. The monoisotopic (exact) mass is 827 g/mol. The van der Waals surface area contributed by atoms with E-state index in [0.717, 1.165) is 11.8 Å². The molecule has 13 nitrogen and oxygen atoms in total. The van der Waals surface area contributed by atoms with Crippen molar-refractivity contribution in [3.05, 3.63) is 23.8 Å². The topological polar surface area (TPSA) is 179 Å². The maximum atomic E-state index is 13.7. The van der Waals surface area contributed by atoms with Crippen LogP contribution in [0.2, 0.25) is 36.3 Å². The lowest BCUT2D eigenvalue weighted by Gasteiger charge is -2.39. The second-order valence-corrected chi connectivity index (χ2v) is 29.4. The minimum Gasteiger partial charge on any atom is -0.541 e. The third-order valence-electron chi connectivity index (χ3n) is 9.72. The molecule has 0 bridgehead atoms. The lowest BCUT2D eigenvalue weighted by atomic mass is 9.87. The number of alkyl carbamates (subject to hydrolysis) is 1. The molecule has 1 aromatic rings. The predicted octanol–water partition coefficient (Wildman–Crippen LogP) is 6.72. The molecule has 2 atom stereocenters. The third-order valence-corrected chi connectivity index (χ3v) is 19.2. The van der Waals surface area contributed by atoms with E-state index in [9.17, 15) is 29.1 Å². The molecule has 0 saturated heterocycles. The summed E-state index contributed by atoms with van der Waals surface area (Å²) in [7, 11) is -4.62. The summed E-state index contributed by atoms with van der Waals surface area (Å²) in [4.78, 5) is 62.6. The van der Waals surface area contributed by atoms with Crippen molar-refractivity contribution in [3.63, 3.8) is 0 Å². The molecule has 0 radical (unpaired) electrons. The normalized spacial score (nSPS) is 13.9. The Morgan fingerprint density at radius 1 is 0.800 bits per heavy atom. The van der Waals surface area contributed by atoms with Crippen molar-refractivity contribution < 1.29 is 47.4 Å². The first-order valence-electron chi connectivity index (χ1n) is 18.8. The van der Waals surface area contributed by atoms with Gasteiger partial charge in [-0.15, -0.1) is 0 Å². The minimum atomic E-state index is -2.35. The average molecular weight is 828 g/mol. The summed E-state index contributed by atoms with van der Waals surface area (Å²) in [6, 6.07) is 4.34. The summed E-state index contributed by atoms with van der Waals surface area (Å²) in [5.74, 6) is -0.209. The van der Waals surface area contributed by atoms with Crippen molar-refractivity contribution in [3.8, 4) is 11.5 Å². The number of rotatable bonds is 18. The molecule has 0 fully saturated rings. The molecule has 4 N–H and O–H groups in total. The van der Waals surface area contributed by atoms with Gasteiger partial charge in [-0.25, -0.2) is 9.59 Å². The van der Waals surface area contributed by atoms with Crippen LogP contribution in [-0.2, 0) is 35.1 Å². The quantitative estimate of drug-likeness (QED) is 0.0702. The zero-order valence-electron chi connectivity index (χ0n) is 36.2. The highest BCUT2D eigenvalue weighted by molar-refractivity contribution is 8.13. The Kier molecular flexibility index (Phi) is 18.0. The van der Waals surface area contributed by atoms with Gasteiger partial charge in [0.2, 0.25) is 11.8 Å². The number of amides is 3. The van der Waals surface area contributed by atoms with Crippen molar-refractivity contribution >= 4 is 57.4 Å². The number of benzene rings is 1. The Bertz CT molecular complexity index is 1500. The molecule has 0 spiro atoms. The molecule has 314 valence electrons. The molecule has 1 aromatic carbocycles. The van der Waals surface area contributed by atoms with Crippen LogP contribution in [0.3, 0.4) is 0 Å². The summed E-state index contributed by atoms with van der Waals surface area (Å²) in [5, 5.41) is 18.5.